The monoisotopic (exact) mass is 328 g/mol. The molecular weight excluding hydrogens is 300 g/mol. The normalized spacial score (nSPS) is 13.4. The summed E-state index contributed by atoms with van der Waals surface area (Å²) in [6.07, 6.45) is 0.912. The Hall–Kier alpha value is -1.07. The Morgan fingerprint density at radius 3 is 1.68 bits per heavy atom. The zero-order chi connectivity index (χ0) is 17.3. The lowest BCUT2D eigenvalue weighted by atomic mass is 9.75. The van der Waals surface area contributed by atoms with E-state index in [2.05, 4.69) is 41.5 Å². The van der Waals surface area contributed by atoms with Crippen molar-refractivity contribution >= 4 is 10.1 Å². The van der Waals surface area contributed by atoms with Gasteiger partial charge in [0, 0.05) is 0 Å². The molecular formula is C17H28O4S. The van der Waals surface area contributed by atoms with E-state index in [1.165, 1.54) is 0 Å². The molecule has 1 aromatic rings. The molecule has 0 atom stereocenters. The Morgan fingerprint density at radius 1 is 0.955 bits per heavy atom. The van der Waals surface area contributed by atoms with E-state index in [9.17, 15) is 13.5 Å². The molecule has 5 heteroatoms. The first-order valence-corrected chi connectivity index (χ1v) is 9.15. The van der Waals surface area contributed by atoms with Gasteiger partial charge in [-0.3, -0.25) is 4.55 Å². The third-order valence-corrected chi connectivity index (χ3v) is 4.48. The van der Waals surface area contributed by atoms with E-state index in [0.717, 1.165) is 16.7 Å². The van der Waals surface area contributed by atoms with Crippen molar-refractivity contribution < 1.29 is 18.1 Å². The van der Waals surface area contributed by atoms with Crippen molar-refractivity contribution in [1.29, 1.82) is 0 Å². The molecule has 2 N–H and O–H groups in total. The predicted molar refractivity (Wildman–Crippen MR) is 90.2 cm³/mol. The van der Waals surface area contributed by atoms with Crippen LogP contribution in [0, 0.1) is 0 Å². The van der Waals surface area contributed by atoms with Crippen molar-refractivity contribution in [1.82, 2.24) is 0 Å². The van der Waals surface area contributed by atoms with Crippen LogP contribution < -0.4 is 0 Å². The highest BCUT2D eigenvalue weighted by atomic mass is 32.2. The van der Waals surface area contributed by atoms with Gasteiger partial charge >= 0.3 is 0 Å². The summed E-state index contributed by atoms with van der Waals surface area (Å²) in [5.74, 6) is -0.0190. The predicted octanol–water partition coefficient (Wildman–Crippen LogP) is 3.81. The van der Waals surface area contributed by atoms with Gasteiger partial charge in [0.15, 0.2) is 0 Å². The van der Waals surface area contributed by atoms with Crippen LogP contribution in [0.5, 0.6) is 5.75 Å². The maximum absolute atomic E-state index is 11.0. The molecule has 0 amide bonds. The largest absolute Gasteiger partial charge is 0.508 e. The molecule has 0 aliphatic heterocycles. The molecule has 0 aromatic heterocycles. The molecule has 0 aliphatic rings. The summed E-state index contributed by atoms with van der Waals surface area (Å²) in [5, 5.41) is 10.1. The maximum Gasteiger partial charge on any atom is 0.264 e. The van der Waals surface area contributed by atoms with Crippen LogP contribution in [0.15, 0.2) is 12.1 Å². The molecule has 1 rings (SSSR count). The lowest BCUT2D eigenvalue weighted by Crippen LogP contribution is -2.21. The Morgan fingerprint density at radius 2 is 1.36 bits per heavy atom. The fraction of sp³-hybridized carbons (Fsp3) is 0.647. The van der Waals surface area contributed by atoms with E-state index in [-0.39, 0.29) is 22.3 Å². The minimum Gasteiger partial charge on any atom is -0.508 e. The second-order valence-electron chi connectivity index (χ2n) is 7.91. The van der Waals surface area contributed by atoms with Gasteiger partial charge in [-0.05, 0) is 52.5 Å². The van der Waals surface area contributed by atoms with Gasteiger partial charge in [-0.25, -0.2) is 0 Å². The van der Waals surface area contributed by atoms with Gasteiger partial charge in [0.1, 0.15) is 5.75 Å². The average Bonchev–Trinajstić information content (AvgIpc) is 2.26. The van der Waals surface area contributed by atoms with Crippen molar-refractivity contribution in [2.45, 2.75) is 65.2 Å². The lowest BCUT2D eigenvalue weighted by Gasteiger charge is -2.30. The van der Waals surface area contributed by atoms with E-state index >= 15 is 0 Å². The lowest BCUT2D eigenvalue weighted by molar-refractivity contribution is 0.463. The molecule has 0 saturated heterocycles. The first-order valence-electron chi connectivity index (χ1n) is 7.54. The van der Waals surface area contributed by atoms with Crippen molar-refractivity contribution in [3.63, 3.8) is 0 Å². The summed E-state index contributed by atoms with van der Waals surface area (Å²) in [7, 11) is -3.95. The Bertz CT molecular complexity index is 597. The van der Waals surface area contributed by atoms with Crippen LogP contribution in [0.2, 0.25) is 0 Å². The number of rotatable bonds is 4. The number of phenolic OH excluding ortho intramolecular Hbond substituents is 1. The van der Waals surface area contributed by atoms with Crippen molar-refractivity contribution in [2.75, 3.05) is 5.75 Å². The van der Waals surface area contributed by atoms with Crippen LogP contribution in [0.4, 0.5) is 0 Å². The van der Waals surface area contributed by atoms with Gasteiger partial charge in [0.25, 0.3) is 10.1 Å². The number of phenols is 1. The molecule has 0 saturated carbocycles. The first kappa shape index (κ1) is 19.0. The van der Waals surface area contributed by atoms with Gasteiger partial charge in [0.05, 0.1) is 5.75 Å². The van der Waals surface area contributed by atoms with Crippen LogP contribution >= 0.6 is 0 Å². The number of aromatic hydroxyl groups is 1. The van der Waals surface area contributed by atoms with E-state index in [1.807, 2.05) is 0 Å². The average molecular weight is 328 g/mol. The first-order chi connectivity index (χ1) is 9.72. The Labute approximate surface area is 134 Å². The van der Waals surface area contributed by atoms with E-state index in [0.29, 0.717) is 12.8 Å². The highest BCUT2D eigenvalue weighted by molar-refractivity contribution is 7.85. The van der Waals surface area contributed by atoms with Crippen molar-refractivity contribution in [3.05, 3.63) is 28.8 Å². The van der Waals surface area contributed by atoms with Crippen LogP contribution in [-0.2, 0) is 27.4 Å². The van der Waals surface area contributed by atoms with Gasteiger partial charge in [-0.1, -0.05) is 41.5 Å². The van der Waals surface area contributed by atoms with Gasteiger partial charge < -0.3 is 5.11 Å². The summed E-state index contributed by atoms with van der Waals surface area (Å²) in [4.78, 5) is 0. The highest BCUT2D eigenvalue weighted by Gasteiger charge is 2.26. The van der Waals surface area contributed by atoms with Crippen molar-refractivity contribution in [2.24, 2.45) is 0 Å². The van der Waals surface area contributed by atoms with E-state index in [4.69, 9.17) is 4.55 Å². The summed E-state index contributed by atoms with van der Waals surface area (Å²) < 4.78 is 30.8. The standard InChI is InChI=1S/C17H28O4S/c1-16(2,3)14-10-12(18)11-15(17(4,5)6)13(14)8-7-9-22(19,20)21/h10-11,18H,7-9H2,1-6H3,(H,19,20,21). The number of hydrogen-bond acceptors (Lipinski definition) is 3. The molecule has 0 fully saturated rings. The molecule has 0 unspecified atom stereocenters. The molecule has 0 aliphatic carbocycles. The molecule has 1 aromatic carbocycles. The van der Waals surface area contributed by atoms with Gasteiger partial charge in [-0.2, -0.15) is 8.42 Å². The quantitative estimate of drug-likeness (QED) is 0.824. The summed E-state index contributed by atoms with van der Waals surface area (Å²) in [5.41, 5.74) is 2.79. The third kappa shape index (κ3) is 5.29. The minimum atomic E-state index is -3.95. The topological polar surface area (TPSA) is 74.6 Å². The second-order valence-corrected chi connectivity index (χ2v) is 9.48. The van der Waals surface area contributed by atoms with E-state index in [1.54, 1.807) is 12.1 Å². The maximum atomic E-state index is 11.0. The Balaban J connectivity index is 3.36. The minimum absolute atomic E-state index is 0.161. The Kier molecular flexibility index (Phi) is 5.35. The zero-order valence-corrected chi connectivity index (χ0v) is 15.2. The number of hydrogen-bond donors (Lipinski definition) is 2. The summed E-state index contributed by atoms with van der Waals surface area (Å²) in [6.45, 7) is 12.4. The summed E-state index contributed by atoms with van der Waals surface area (Å²) in [6, 6.07) is 3.52. The molecule has 126 valence electrons. The molecule has 0 heterocycles. The zero-order valence-electron chi connectivity index (χ0n) is 14.4. The fourth-order valence-corrected chi connectivity index (χ4v) is 3.20. The molecule has 0 radical (unpaired) electrons. The van der Waals surface area contributed by atoms with Crippen LogP contribution in [0.25, 0.3) is 0 Å². The van der Waals surface area contributed by atoms with E-state index < -0.39 is 10.1 Å². The molecule has 22 heavy (non-hydrogen) atoms. The SMILES string of the molecule is CC(C)(C)c1cc(O)cc(C(C)(C)C)c1CCCS(=O)(=O)O. The van der Waals surface area contributed by atoms with Crippen LogP contribution in [-0.4, -0.2) is 23.8 Å². The fourth-order valence-electron chi connectivity index (χ4n) is 2.70. The summed E-state index contributed by atoms with van der Waals surface area (Å²) >= 11 is 0. The molecule has 0 bridgehead atoms. The van der Waals surface area contributed by atoms with Crippen molar-refractivity contribution in [3.8, 4) is 5.75 Å². The van der Waals surface area contributed by atoms with Crippen LogP contribution in [0.1, 0.15) is 64.7 Å². The molecule has 4 nitrogen and oxygen atoms in total. The van der Waals surface area contributed by atoms with Gasteiger partial charge in [0.2, 0.25) is 0 Å². The number of benzene rings is 1. The second kappa shape index (κ2) is 6.20. The third-order valence-electron chi connectivity index (χ3n) is 3.68. The smallest absolute Gasteiger partial charge is 0.264 e. The van der Waals surface area contributed by atoms with Crippen LogP contribution in [0.3, 0.4) is 0 Å². The molecule has 0 spiro atoms. The van der Waals surface area contributed by atoms with Gasteiger partial charge in [-0.15, -0.1) is 0 Å². The highest BCUT2D eigenvalue weighted by Crippen LogP contribution is 2.37.